The van der Waals surface area contributed by atoms with Crippen molar-refractivity contribution in [2.24, 2.45) is 0 Å². The molecule has 0 fully saturated rings. The van der Waals surface area contributed by atoms with E-state index < -0.39 is 35.1 Å². The molecule has 2 heterocycles. The summed E-state index contributed by atoms with van der Waals surface area (Å²) in [6, 6.07) is 3.46. The summed E-state index contributed by atoms with van der Waals surface area (Å²) in [7, 11) is 1.23. The smallest absolute Gasteiger partial charge is 0.280 e. The van der Waals surface area contributed by atoms with Gasteiger partial charge in [-0.05, 0) is 13.0 Å². The Morgan fingerprint density at radius 1 is 0.926 bits per heavy atom. The highest BCUT2D eigenvalue weighted by Gasteiger charge is 2.25. The van der Waals surface area contributed by atoms with Gasteiger partial charge in [-0.2, -0.15) is 5.10 Å². The third kappa shape index (κ3) is 3.44. The summed E-state index contributed by atoms with van der Waals surface area (Å²) in [5.74, 6) is -3.64. The van der Waals surface area contributed by atoms with Crippen molar-refractivity contribution in [1.82, 2.24) is 15.2 Å². The third-order valence-corrected chi connectivity index (χ3v) is 3.87. The second-order valence-electron chi connectivity index (χ2n) is 5.56. The molecule has 2 aromatic heterocycles. The van der Waals surface area contributed by atoms with Gasteiger partial charge in [-0.25, -0.2) is 22.0 Å². The van der Waals surface area contributed by atoms with Crippen LogP contribution in [0.15, 0.2) is 30.5 Å². The average Bonchev–Trinajstić information content (AvgIpc) is 2.61. The van der Waals surface area contributed by atoms with E-state index in [1.807, 2.05) is 0 Å². The van der Waals surface area contributed by atoms with E-state index >= 15 is 0 Å². The maximum Gasteiger partial charge on any atom is 0.280 e. The zero-order chi connectivity index (χ0) is 19.7. The zero-order valence-electron chi connectivity index (χ0n) is 14.1. The maximum absolute atomic E-state index is 14.4. The lowest BCUT2D eigenvalue weighted by Crippen LogP contribution is -2.04. The summed E-state index contributed by atoms with van der Waals surface area (Å²) in [5, 5.41) is 7.65. The molecular formula is C18H12F5N3O. The van der Waals surface area contributed by atoms with Crippen LogP contribution in [0.5, 0.6) is 5.88 Å². The molecule has 0 aliphatic carbocycles. The highest BCUT2D eigenvalue weighted by Crippen LogP contribution is 2.41. The molecule has 4 nitrogen and oxygen atoms in total. The van der Waals surface area contributed by atoms with Crippen molar-refractivity contribution in [1.29, 1.82) is 0 Å². The number of pyridine rings is 1. The van der Waals surface area contributed by atoms with Crippen molar-refractivity contribution in [2.75, 3.05) is 7.11 Å². The summed E-state index contributed by atoms with van der Waals surface area (Å²) in [6.07, 6.45) is -1.63. The first-order valence-corrected chi connectivity index (χ1v) is 7.64. The molecule has 140 valence electrons. The van der Waals surface area contributed by atoms with E-state index in [1.165, 1.54) is 20.1 Å². The van der Waals surface area contributed by atoms with Crippen LogP contribution < -0.4 is 4.74 Å². The Bertz CT molecular complexity index is 970. The van der Waals surface area contributed by atoms with E-state index in [1.54, 1.807) is 0 Å². The molecule has 3 aromatic rings. The first-order chi connectivity index (χ1) is 12.8. The number of methoxy groups -OCH3 is 1. The van der Waals surface area contributed by atoms with Gasteiger partial charge in [0, 0.05) is 29.5 Å². The fraction of sp³-hybridized carbons (Fsp3) is 0.167. The average molecular weight is 381 g/mol. The number of hydrogen-bond acceptors (Lipinski definition) is 4. The first-order valence-electron chi connectivity index (χ1n) is 7.64. The lowest BCUT2D eigenvalue weighted by molar-refractivity contribution is 0.146. The van der Waals surface area contributed by atoms with Gasteiger partial charge in [0.2, 0.25) is 5.88 Å². The molecule has 3 rings (SSSR count). The van der Waals surface area contributed by atoms with Crippen molar-refractivity contribution in [2.45, 2.75) is 13.3 Å². The summed E-state index contributed by atoms with van der Waals surface area (Å²) in [4.78, 5) is 3.66. The molecule has 27 heavy (non-hydrogen) atoms. The predicted molar refractivity (Wildman–Crippen MR) is 86.8 cm³/mol. The molecule has 9 heteroatoms. The van der Waals surface area contributed by atoms with Gasteiger partial charge >= 0.3 is 0 Å². The fourth-order valence-electron chi connectivity index (χ4n) is 2.70. The highest BCUT2D eigenvalue weighted by molar-refractivity contribution is 5.87. The van der Waals surface area contributed by atoms with E-state index in [-0.39, 0.29) is 28.3 Å². The van der Waals surface area contributed by atoms with Crippen molar-refractivity contribution in [3.8, 4) is 28.1 Å². The number of hydrogen-bond donors (Lipinski definition) is 0. The minimum atomic E-state index is -2.77. The third-order valence-electron chi connectivity index (χ3n) is 3.87. The van der Waals surface area contributed by atoms with Crippen LogP contribution in [-0.2, 0) is 0 Å². The lowest BCUT2D eigenvalue weighted by atomic mass is 9.94. The van der Waals surface area contributed by atoms with Crippen molar-refractivity contribution in [3.05, 3.63) is 59.3 Å². The van der Waals surface area contributed by atoms with Crippen LogP contribution >= 0.6 is 0 Å². The van der Waals surface area contributed by atoms with Crippen molar-refractivity contribution >= 4 is 0 Å². The van der Waals surface area contributed by atoms with E-state index in [4.69, 9.17) is 4.74 Å². The van der Waals surface area contributed by atoms with Gasteiger partial charge in [0.25, 0.3) is 6.43 Å². The number of ether oxygens (including phenoxy) is 1. The van der Waals surface area contributed by atoms with E-state index in [2.05, 4.69) is 15.2 Å². The van der Waals surface area contributed by atoms with Crippen LogP contribution in [-0.4, -0.2) is 22.3 Å². The zero-order valence-corrected chi connectivity index (χ0v) is 14.1. The second kappa shape index (κ2) is 7.26. The van der Waals surface area contributed by atoms with E-state index in [9.17, 15) is 22.0 Å². The second-order valence-corrected chi connectivity index (χ2v) is 5.56. The van der Waals surface area contributed by atoms with Crippen LogP contribution in [0, 0.1) is 24.4 Å². The standard InChI is InChI=1S/C18H12F5N3O/c1-8-14(9-3-4-13(17(22)23)24-7-9)16(18(27-2)26-25-8)15-11(20)5-10(19)6-12(15)21/h3-7,17H,1-2H3. The number of rotatable bonds is 4. The van der Waals surface area contributed by atoms with Gasteiger partial charge in [-0.15, -0.1) is 5.10 Å². The van der Waals surface area contributed by atoms with Gasteiger partial charge in [0.05, 0.1) is 23.9 Å². The largest absolute Gasteiger partial charge is 0.479 e. The summed E-state index contributed by atoms with van der Waals surface area (Å²) in [6.45, 7) is 1.52. The molecule has 0 radical (unpaired) electrons. The van der Waals surface area contributed by atoms with Crippen LogP contribution in [0.2, 0.25) is 0 Å². The number of aromatic nitrogens is 3. The van der Waals surface area contributed by atoms with Gasteiger partial charge in [-0.3, -0.25) is 4.98 Å². The molecule has 0 unspecified atom stereocenters. The van der Waals surface area contributed by atoms with Crippen LogP contribution in [0.3, 0.4) is 0 Å². The van der Waals surface area contributed by atoms with Crippen molar-refractivity contribution in [3.63, 3.8) is 0 Å². The highest BCUT2D eigenvalue weighted by atomic mass is 19.3. The lowest BCUT2D eigenvalue weighted by Gasteiger charge is -2.16. The molecule has 0 amide bonds. The first kappa shape index (κ1) is 18.7. The summed E-state index contributed by atoms with van der Waals surface area (Å²) >= 11 is 0. The van der Waals surface area contributed by atoms with Gasteiger partial charge in [0.15, 0.2) is 0 Å². The maximum atomic E-state index is 14.4. The Morgan fingerprint density at radius 3 is 2.11 bits per heavy atom. The molecule has 0 spiro atoms. The van der Waals surface area contributed by atoms with Crippen molar-refractivity contribution < 1.29 is 26.7 Å². The van der Waals surface area contributed by atoms with Gasteiger partial charge in [-0.1, -0.05) is 6.07 Å². The molecule has 0 aliphatic rings. The topological polar surface area (TPSA) is 47.9 Å². The van der Waals surface area contributed by atoms with Gasteiger partial charge in [0.1, 0.15) is 23.1 Å². The Balaban J connectivity index is 2.33. The minimum absolute atomic E-state index is 0.119. The molecule has 0 bridgehead atoms. The molecular weight excluding hydrogens is 369 g/mol. The normalized spacial score (nSPS) is 11.1. The fourth-order valence-corrected chi connectivity index (χ4v) is 2.70. The predicted octanol–water partition coefficient (Wildman–Crippen LogP) is 4.88. The van der Waals surface area contributed by atoms with Crippen LogP contribution in [0.4, 0.5) is 22.0 Å². The molecule has 1 aromatic carbocycles. The van der Waals surface area contributed by atoms with Crippen LogP contribution in [0.25, 0.3) is 22.3 Å². The Kier molecular flexibility index (Phi) is 5.02. The Hall–Kier alpha value is -3.10. The van der Waals surface area contributed by atoms with Gasteiger partial charge < -0.3 is 4.74 Å². The van der Waals surface area contributed by atoms with E-state index in [0.29, 0.717) is 12.1 Å². The Labute approximate surface area is 150 Å². The van der Waals surface area contributed by atoms with E-state index in [0.717, 1.165) is 12.3 Å². The molecule has 0 saturated heterocycles. The van der Waals surface area contributed by atoms with Crippen LogP contribution in [0.1, 0.15) is 17.8 Å². The number of benzene rings is 1. The number of halogens is 5. The molecule has 0 aliphatic heterocycles. The summed E-state index contributed by atoms with van der Waals surface area (Å²) < 4.78 is 72.7. The minimum Gasteiger partial charge on any atom is -0.479 e. The molecule has 0 saturated carbocycles. The monoisotopic (exact) mass is 381 g/mol. The number of aryl methyl sites for hydroxylation is 1. The quantitative estimate of drug-likeness (QED) is 0.605. The molecule has 0 atom stereocenters. The Morgan fingerprint density at radius 2 is 1.59 bits per heavy atom. The number of alkyl halides is 2. The SMILES string of the molecule is COc1nnc(C)c(-c2ccc(C(F)F)nc2)c1-c1c(F)cc(F)cc1F. The molecule has 0 N–H and O–H groups in total. The number of nitrogens with zero attached hydrogens (tertiary/aromatic N) is 3. The summed E-state index contributed by atoms with van der Waals surface area (Å²) in [5.41, 5.74) is -0.444.